The molecule has 0 bridgehead atoms. The number of nitrogens with one attached hydrogen (secondary N) is 1. The summed E-state index contributed by atoms with van der Waals surface area (Å²) in [4.78, 5) is 18.4. The van der Waals surface area contributed by atoms with Crippen LogP contribution in [0, 0.1) is 13.8 Å². The Labute approximate surface area is 139 Å². The van der Waals surface area contributed by atoms with Crippen LogP contribution >= 0.6 is 0 Å². The number of alkyl halides is 1. The van der Waals surface area contributed by atoms with Gasteiger partial charge in [0.05, 0.1) is 17.8 Å². The zero-order valence-corrected chi connectivity index (χ0v) is 14.0. The molecular formula is C15H21FN6O2. The fraction of sp³-hybridized carbons (Fsp3) is 0.600. The fourth-order valence-corrected chi connectivity index (χ4v) is 3.04. The summed E-state index contributed by atoms with van der Waals surface area (Å²) >= 11 is 0. The maximum atomic E-state index is 13.8. The van der Waals surface area contributed by atoms with Gasteiger partial charge in [-0.1, -0.05) is 5.16 Å². The molecule has 2 atom stereocenters. The first-order valence-electron chi connectivity index (χ1n) is 7.88. The molecule has 1 saturated heterocycles. The number of nitrogens with zero attached hydrogens (tertiary/aromatic N) is 5. The molecule has 1 aliphatic rings. The van der Waals surface area contributed by atoms with Gasteiger partial charge in [0.2, 0.25) is 5.89 Å². The summed E-state index contributed by atoms with van der Waals surface area (Å²) in [6.07, 6.45) is 1.14. The van der Waals surface area contributed by atoms with E-state index < -0.39 is 6.17 Å². The summed E-state index contributed by atoms with van der Waals surface area (Å²) in [5, 5.41) is 10.9. The predicted octanol–water partition coefficient (Wildman–Crippen LogP) is 0.762. The molecule has 2 aromatic rings. The highest BCUT2D eigenvalue weighted by atomic mass is 19.1. The van der Waals surface area contributed by atoms with Crippen molar-refractivity contribution in [3.8, 4) is 0 Å². The number of halogens is 1. The second kappa shape index (κ2) is 6.68. The summed E-state index contributed by atoms with van der Waals surface area (Å²) < 4.78 is 20.4. The Kier molecular flexibility index (Phi) is 4.61. The zero-order valence-electron chi connectivity index (χ0n) is 14.0. The van der Waals surface area contributed by atoms with Crippen LogP contribution in [0.4, 0.5) is 4.39 Å². The minimum atomic E-state index is -0.917. The van der Waals surface area contributed by atoms with Crippen molar-refractivity contribution >= 4 is 5.91 Å². The molecule has 130 valence electrons. The molecule has 8 nitrogen and oxygen atoms in total. The van der Waals surface area contributed by atoms with Crippen LogP contribution in [0.3, 0.4) is 0 Å². The fourth-order valence-electron chi connectivity index (χ4n) is 3.04. The lowest BCUT2D eigenvalue weighted by Crippen LogP contribution is -2.40. The largest absolute Gasteiger partial charge is 0.350 e. The Hall–Kier alpha value is -2.29. The number of hydrogen-bond acceptors (Lipinski definition) is 6. The number of hydrogen-bond donors (Lipinski definition) is 1. The van der Waals surface area contributed by atoms with Crippen LogP contribution in [0.15, 0.2) is 10.7 Å². The number of amides is 1. The molecule has 3 heterocycles. The lowest BCUT2D eigenvalue weighted by molar-refractivity contribution is 0.0938. The Morgan fingerprint density at radius 1 is 1.50 bits per heavy atom. The standard InChI is InChI=1S/C15H21FN6O2/c1-9-13(7-21(3)19-9)15(23)17-5-12-4-11(16)6-22(12)8-14-18-10(2)24-20-14/h7,11-12H,4-6,8H2,1-3H3,(H,17,23)/t11-,12-/m0/s1. The van der Waals surface area contributed by atoms with E-state index >= 15 is 0 Å². The maximum absolute atomic E-state index is 13.8. The number of rotatable bonds is 5. The molecule has 1 N–H and O–H groups in total. The van der Waals surface area contributed by atoms with E-state index in [-0.39, 0.29) is 11.9 Å². The lowest BCUT2D eigenvalue weighted by atomic mass is 10.2. The molecule has 0 radical (unpaired) electrons. The maximum Gasteiger partial charge on any atom is 0.254 e. The van der Waals surface area contributed by atoms with Gasteiger partial charge in [-0.25, -0.2) is 4.39 Å². The van der Waals surface area contributed by atoms with Crippen LogP contribution in [-0.4, -0.2) is 56.0 Å². The number of likely N-dealkylation sites (tertiary alicyclic amines) is 1. The van der Waals surface area contributed by atoms with E-state index in [0.717, 1.165) is 0 Å². The second-order valence-electron chi connectivity index (χ2n) is 6.16. The third-order valence-electron chi connectivity index (χ3n) is 4.15. The molecule has 2 aromatic heterocycles. The first-order chi connectivity index (χ1) is 11.4. The second-order valence-corrected chi connectivity index (χ2v) is 6.16. The van der Waals surface area contributed by atoms with Gasteiger partial charge in [0.1, 0.15) is 6.17 Å². The predicted molar refractivity (Wildman–Crippen MR) is 83.0 cm³/mol. The molecule has 1 aliphatic heterocycles. The minimum absolute atomic E-state index is 0.0975. The summed E-state index contributed by atoms with van der Waals surface area (Å²) in [5.41, 5.74) is 1.21. The zero-order chi connectivity index (χ0) is 17.3. The van der Waals surface area contributed by atoms with Gasteiger partial charge in [-0.05, 0) is 13.3 Å². The highest BCUT2D eigenvalue weighted by molar-refractivity contribution is 5.95. The molecule has 0 aromatic carbocycles. The normalized spacial score (nSPS) is 21.3. The average Bonchev–Trinajstić information content (AvgIpc) is 3.17. The number of carbonyl (C=O) groups is 1. The molecule has 3 rings (SSSR count). The molecular weight excluding hydrogens is 315 g/mol. The lowest BCUT2D eigenvalue weighted by Gasteiger charge is -2.22. The monoisotopic (exact) mass is 336 g/mol. The highest BCUT2D eigenvalue weighted by Crippen LogP contribution is 2.21. The number of carbonyl (C=O) groups excluding carboxylic acids is 1. The van der Waals surface area contributed by atoms with Gasteiger partial charge in [0.15, 0.2) is 5.82 Å². The van der Waals surface area contributed by atoms with Crippen molar-refractivity contribution in [3.63, 3.8) is 0 Å². The van der Waals surface area contributed by atoms with Crippen LogP contribution < -0.4 is 5.32 Å². The van der Waals surface area contributed by atoms with Gasteiger partial charge < -0.3 is 9.84 Å². The van der Waals surface area contributed by atoms with E-state index in [1.54, 1.807) is 31.8 Å². The van der Waals surface area contributed by atoms with Crippen molar-refractivity contribution in [2.45, 2.75) is 39.0 Å². The van der Waals surface area contributed by atoms with E-state index in [1.165, 1.54) is 0 Å². The van der Waals surface area contributed by atoms with E-state index in [0.29, 0.717) is 49.0 Å². The van der Waals surface area contributed by atoms with Gasteiger partial charge in [-0.3, -0.25) is 14.4 Å². The van der Waals surface area contributed by atoms with E-state index in [4.69, 9.17) is 4.52 Å². The van der Waals surface area contributed by atoms with Crippen molar-refractivity contribution in [1.29, 1.82) is 0 Å². The van der Waals surface area contributed by atoms with Gasteiger partial charge in [-0.15, -0.1) is 0 Å². The molecule has 0 unspecified atom stereocenters. The molecule has 1 amide bonds. The van der Waals surface area contributed by atoms with Crippen LogP contribution in [0.25, 0.3) is 0 Å². The molecule has 24 heavy (non-hydrogen) atoms. The quantitative estimate of drug-likeness (QED) is 0.867. The van der Waals surface area contributed by atoms with E-state index in [2.05, 4.69) is 20.6 Å². The molecule has 0 spiro atoms. The Morgan fingerprint density at radius 3 is 2.92 bits per heavy atom. The molecule has 0 saturated carbocycles. The van der Waals surface area contributed by atoms with Crippen molar-refractivity contribution in [1.82, 2.24) is 30.1 Å². The number of aryl methyl sites for hydroxylation is 3. The van der Waals surface area contributed by atoms with Gasteiger partial charge in [-0.2, -0.15) is 10.1 Å². The summed E-state index contributed by atoms with van der Waals surface area (Å²) in [6.45, 7) is 4.58. The van der Waals surface area contributed by atoms with Gasteiger partial charge >= 0.3 is 0 Å². The minimum Gasteiger partial charge on any atom is -0.350 e. The topological polar surface area (TPSA) is 89.1 Å². The first kappa shape index (κ1) is 16.6. The Morgan fingerprint density at radius 2 is 2.29 bits per heavy atom. The van der Waals surface area contributed by atoms with Crippen LogP contribution in [0.2, 0.25) is 0 Å². The van der Waals surface area contributed by atoms with Crippen molar-refractivity contribution < 1.29 is 13.7 Å². The van der Waals surface area contributed by atoms with E-state index in [1.807, 2.05) is 4.90 Å². The van der Waals surface area contributed by atoms with E-state index in [9.17, 15) is 9.18 Å². The first-order valence-corrected chi connectivity index (χ1v) is 7.88. The third-order valence-corrected chi connectivity index (χ3v) is 4.15. The van der Waals surface area contributed by atoms with Gasteiger partial charge in [0, 0.05) is 39.3 Å². The van der Waals surface area contributed by atoms with Crippen LogP contribution in [-0.2, 0) is 13.6 Å². The Bertz CT molecular complexity index is 727. The third kappa shape index (κ3) is 3.61. The summed E-state index contributed by atoms with van der Waals surface area (Å²) in [7, 11) is 1.77. The van der Waals surface area contributed by atoms with Crippen LogP contribution in [0.1, 0.15) is 34.2 Å². The average molecular weight is 336 g/mol. The highest BCUT2D eigenvalue weighted by Gasteiger charge is 2.33. The van der Waals surface area contributed by atoms with Crippen molar-refractivity contribution in [3.05, 3.63) is 29.2 Å². The van der Waals surface area contributed by atoms with Crippen molar-refractivity contribution in [2.75, 3.05) is 13.1 Å². The number of aromatic nitrogens is 4. The molecule has 9 heteroatoms. The smallest absolute Gasteiger partial charge is 0.254 e. The molecule has 0 aliphatic carbocycles. The SMILES string of the molecule is Cc1nc(CN2C[C@@H](F)C[C@H]2CNC(=O)c2cn(C)nc2C)no1. The van der Waals surface area contributed by atoms with Crippen molar-refractivity contribution in [2.24, 2.45) is 7.05 Å². The van der Waals surface area contributed by atoms with Crippen LogP contribution in [0.5, 0.6) is 0 Å². The molecule has 1 fully saturated rings. The Balaban J connectivity index is 1.60. The summed E-state index contributed by atoms with van der Waals surface area (Å²) in [6, 6.07) is -0.0975. The van der Waals surface area contributed by atoms with Gasteiger partial charge in [0.25, 0.3) is 5.91 Å². The summed E-state index contributed by atoms with van der Waals surface area (Å²) in [5.74, 6) is 0.817.